The summed E-state index contributed by atoms with van der Waals surface area (Å²) in [6.07, 6.45) is 2.51. The number of carboxylic acid groups (broad SMARTS) is 1. The van der Waals surface area contributed by atoms with Crippen molar-refractivity contribution in [2.24, 2.45) is 5.92 Å². The number of piperidine rings is 1. The van der Waals surface area contributed by atoms with E-state index in [9.17, 15) is 4.79 Å². The lowest BCUT2D eigenvalue weighted by atomic mass is 9.91. The van der Waals surface area contributed by atoms with Gasteiger partial charge in [0.1, 0.15) is 0 Å². The van der Waals surface area contributed by atoms with E-state index in [4.69, 9.17) is 5.11 Å². The second kappa shape index (κ2) is 6.06. The molecular formula is C15H22N2O2. The van der Waals surface area contributed by atoms with E-state index >= 15 is 0 Å². The Morgan fingerprint density at radius 2 is 2.11 bits per heavy atom. The van der Waals surface area contributed by atoms with E-state index in [1.54, 1.807) is 12.1 Å². The van der Waals surface area contributed by atoms with Crippen LogP contribution in [0.2, 0.25) is 0 Å². The molecule has 2 rings (SSSR count). The molecule has 1 aliphatic rings. The van der Waals surface area contributed by atoms with E-state index in [2.05, 4.69) is 24.2 Å². The number of nitrogens with one attached hydrogen (secondary N) is 1. The lowest BCUT2D eigenvalue weighted by Gasteiger charge is -2.34. The van der Waals surface area contributed by atoms with Crippen LogP contribution in [0.5, 0.6) is 0 Å². The molecule has 0 saturated carbocycles. The number of carboxylic acids is 1. The maximum absolute atomic E-state index is 10.8. The quantitative estimate of drug-likeness (QED) is 0.875. The number of hydrogen-bond donors (Lipinski definition) is 2. The number of rotatable bonds is 4. The van der Waals surface area contributed by atoms with Gasteiger partial charge in [-0.3, -0.25) is 0 Å². The third kappa shape index (κ3) is 3.70. The SMILES string of the molecule is CC(Nc1ccc(C(=O)O)cc1)C1CCCN(C)C1. The Kier molecular flexibility index (Phi) is 4.43. The van der Waals surface area contributed by atoms with E-state index in [-0.39, 0.29) is 0 Å². The molecule has 19 heavy (non-hydrogen) atoms. The van der Waals surface area contributed by atoms with E-state index in [1.165, 1.54) is 19.4 Å². The van der Waals surface area contributed by atoms with Crippen molar-refractivity contribution >= 4 is 11.7 Å². The first kappa shape index (κ1) is 13.9. The van der Waals surface area contributed by atoms with E-state index in [0.717, 1.165) is 12.2 Å². The highest BCUT2D eigenvalue weighted by Crippen LogP contribution is 2.21. The van der Waals surface area contributed by atoms with Crippen LogP contribution in [0.1, 0.15) is 30.1 Å². The van der Waals surface area contributed by atoms with Gasteiger partial charge in [-0.25, -0.2) is 4.79 Å². The zero-order chi connectivity index (χ0) is 13.8. The van der Waals surface area contributed by atoms with Gasteiger partial charge < -0.3 is 15.3 Å². The number of aromatic carboxylic acids is 1. The van der Waals surface area contributed by atoms with Gasteiger partial charge in [0.2, 0.25) is 0 Å². The fourth-order valence-electron chi connectivity index (χ4n) is 2.70. The van der Waals surface area contributed by atoms with Crippen molar-refractivity contribution < 1.29 is 9.90 Å². The highest BCUT2D eigenvalue weighted by molar-refractivity contribution is 5.87. The van der Waals surface area contributed by atoms with Crippen LogP contribution in [0.4, 0.5) is 5.69 Å². The molecule has 0 bridgehead atoms. The number of anilines is 1. The summed E-state index contributed by atoms with van der Waals surface area (Å²) < 4.78 is 0. The summed E-state index contributed by atoms with van der Waals surface area (Å²) in [5.74, 6) is -0.230. The molecule has 4 nitrogen and oxygen atoms in total. The molecule has 1 saturated heterocycles. The Balaban J connectivity index is 1.94. The van der Waals surface area contributed by atoms with Gasteiger partial charge in [-0.1, -0.05) is 0 Å². The van der Waals surface area contributed by atoms with Gasteiger partial charge >= 0.3 is 5.97 Å². The Morgan fingerprint density at radius 3 is 2.68 bits per heavy atom. The molecule has 2 N–H and O–H groups in total. The van der Waals surface area contributed by atoms with Crippen molar-refractivity contribution in [3.63, 3.8) is 0 Å². The number of likely N-dealkylation sites (tertiary alicyclic amines) is 1. The molecule has 0 radical (unpaired) electrons. The van der Waals surface area contributed by atoms with Crippen LogP contribution >= 0.6 is 0 Å². The lowest BCUT2D eigenvalue weighted by molar-refractivity contribution is 0.0697. The van der Waals surface area contributed by atoms with Gasteiger partial charge in [-0.2, -0.15) is 0 Å². The fraction of sp³-hybridized carbons (Fsp3) is 0.533. The van der Waals surface area contributed by atoms with Crippen LogP contribution in [0, 0.1) is 5.92 Å². The normalized spacial score (nSPS) is 21.9. The maximum atomic E-state index is 10.8. The third-order valence-corrected chi connectivity index (χ3v) is 3.89. The van der Waals surface area contributed by atoms with Crippen molar-refractivity contribution in [2.45, 2.75) is 25.8 Å². The van der Waals surface area contributed by atoms with Crippen LogP contribution in [-0.4, -0.2) is 42.2 Å². The average Bonchev–Trinajstić information content (AvgIpc) is 2.39. The smallest absolute Gasteiger partial charge is 0.335 e. The number of carbonyl (C=O) groups is 1. The Labute approximate surface area is 114 Å². The summed E-state index contributed by atoms with van der Waals surface area (Å²) in [4.78, 5) is 13.2. The van der Waals surface area contributed by atoms with Gasteiger partial charge in [0.05, 0.1) is 5.56 Å². The number of hydrogen-bond acceptors (Lipinski definition) is 3. The van der Waals surface area contributed by atoms with Gasteiger partial charge in [-0.05, 0) is 63.5 Å². The molecule has 0 aromatic heterocycles. The van der Waals surface area contributed by atoms with E-state index in [0.29, 0.717) is 17.5 Å². The Bertz CT molecular complexity index is 430. The summed E-state index contributed by atoms with van der Waals surface area (Å²) in [6, 6.07) is 7.37. The minimum Gasteiger partial charge on any atom is -0.478 e. The van der Waals surface area contributed by atoms with Crippen LogP contribution in [0.15, 0.2) is 24.3 Å². The molecule has 1 aromatic carbocycles. The molecule has 1 fully saturated rings. The largest absolute Gasteiger partial charge is 0.478 e. The Hall–Kier alpha value is -1.55. The molecule has 0 spiro atoms. The predicted molar refractivity (Wildman–Crippen MR) is 76.7 cm³/mol. The molecule has 1 aromatic rings. The molecular weight excluding hydrogens is 240 g/mol. The summed E-state index contributed by atoms with van der Waals surface area (Å²) in [7, 11) is 2.17. The summed E-state index contributed by atoms with van der Waals surface area (Å²) in [5.41, 5.74) is 1.32. The van der Waals surface area contributed by atoms with Crippen molar-refractivity contribution in [3.05, 3.63) is 29.8 Å². The first-order chi connectivity index (χ1) is 9.06. The molecule has 0 amide bonds. The maximum Gasteiger partial charge on any atom is 0.335 e. The van der Waals surface area contributed by atoms with Crippen LogP contribution in [0.25, 0.3) is 0 Å². The highest BCUT2D eigenvalue weighted by Gasteiger charge is 2.22. The number of nitrogens with zero attached hydrogens (tertiary/aromatic N) is 1. The molecule has 1 heterocycles. The van der Waals surface area contributed by atoms with Crippen molar-refractivity contribution in [2.75, 3.05) is 25.5 Å². The predicted octanol–water partition coefficient (Wildman–Crippen LogP) is 2.53. The second-order valence-electron chi connectivity index (χ2n) is 5.48. The van der Waals surface area contributed by atoms with Gasteiger partial charge in [0.25, 0.3) is 0 Å². The first-order valence-corrected chi connectivity index (χ1v) is 6.84. The summed E-state index contributed by atoms with van der Waals surface area (Å²) in [5, 5.41) is 12.3. The average molecular weight is 262 g/mol. The fourth-order valence-corrected chi connectivity index (χ4v) is 2.70. The molecule has 4 heteroatoms. The summed E-state index contributed by atoms with van der Waals surface area (Å²) >= 11 is 0. The second-order valence-corrected chi connectivity index (χ2v) is 5.48. The zero-order valence-corrected chi connectivity index (χ0v) is 11.6. The van der Waals surface area contributed by atoms with Gasteiger partial charge in [0, 0.05) is 18.3 Å². The first-order valence-electron chi connectivity index (χ1n) is 6.84. The minimum absolute atomic E-state index is 0.329. The van der Waals surface area contributed by atoms with Crippen molar-refractivity contribution in [1.29, 1.82) is 0 Å². The summed E-state index contributed by atoms with van der Waals surface area (Å²) in [6.45, 7) is 4.52. The lowest BCUT2D eigenvalue weighted by Crippen LogP contribution is -2.39. The van der Waals surface area contributed by atoms with E-state index in [1.807, 2.05) is 12.1 Å². The monoisotopic (exact) mass is 262 g/mol. The third-order valence-electron chi connectivity index (χ3n) is 3.89. The van der Waals surface area contributed by atoms with Gasteiger partial charge in [0.15, 0.2) is 0 Å². The van der Waals surface area contributed by atoms with Crippen LogP contribution < -0.4 is 5.32 Å². The Morgan fingerprint density at radius 1 is 1.42 bits per heavy atom. The van der Waals surface area contributed by atoms with Crippen LogP contribution in [-0.2, 0) is 0 Å². The molecule has 1 aliphatic heterocycles. The number of benzene rings is 1. The van der Waals surface area contributed by atoms with Gasteiger partial charge in [-0.15, -0.1) is 0 Å². The molecule has 2 unspecified atom stereocenters. The van der Waals surface area contributed by atoms with Crippen molar-refractivity contribution in [3.8, 4) is 0 Å². The highest BCUT2D eigenvalue weighted by atomic mass is 16.4. The standard InChI is InChI=1S/C15H22N2O2/c1-11(13-4-3-9-17(2)10-13)16-14-7-5-12(6-8-14)15(18)19/h5-8,11,13,16H,3-4,9-10H2,1-2H3,(H,18,19). The molecule has 104 valence electrons. The van der Waals surface area contributed by atoms with E-state index < -0.39 is 5.97 Å². The topological polar surface area (TPSA) is 52.6 Å². The molecule has 2 atom stereocenters. The zero-order valence-electron chi connectivity index (χ0n) is 11.6. The molecule has 0 aliphatic carbocycles. The minimum atomic E-state index is -0.881. The van der Waals surface area contributed by atoms with Crippen LogP contribution in [0.3, 0.4) is 0 Å². The van der Waals surface area contributed by atoms with Crippen molar-refractivity contribution in [1.82, 2.24) is 4.90 Å².